The molecule has 0 bridgehead atoms. The molecule has 1 N–H and O–H groups in total. The van der Waals surface area contributed by atoms with Crippen LogP contribution in [0.1, 0.15) is 23.2 Å². The van der Waals surface area contributed by atoms with Crippen LogP contribution in [0.25, 0.3) is 10.1 Å². The number of carbonyl (C=O) groups excluding carboxylic acids is 1. The van der Waals surface area contributed by atoms with Gasteiger partial charge in [0.05, 0.1) is 5.56 Å². The lowest BCUT2D eigenvalue weighted by Gasteiger charge is -2.15. The second-order valence-electron chi connectivity index (χ2n) is 5.15. The number of benzene rings is 1. The second-order valence-corrected chi connectivity index (χ2v) is 6.06. The van der Waals surface area contributed by atoms with Crippen LogP contribution in [0.5, 0.6) is 0 Å². The van der Waals surface area contributed by atoms with Gasteiger partial charge in [0.1, 0.15) is 0 Å². The Hall–Kier alpha value is -1.88. The van der Waals surface area contributed by atoms with E-state index in [1.54, 1.807) is 16.2 Å². The maximum atomic E-state index is 12.5. The van der Waals surface area contributed by atoms with Crippen LogP contribution in [0.2, 0.25) is 0 Å². The predicted octanol–water partition coefficient (Wildman–Crippen LogP) is 2.84. The van der Waals surface area contributed by atoms with Crippen LogP contribution in [0.4, 0.5) is 0 Å². The summed E-state index contributed by atoms with van der Waals surface area (Å²) in [4.78, 5) is 25.1. The van der Waals surface area contributed by atoms with Crippen molar-refractivity contribution in [3.05, 3.63) is 35.2 Å². The highest BCUT2D eigenvalue weighted by Crippen LogP contribution is 2.29. The van der Waals surface area contributed by atoms with E-state index in [0.717, 1.165) is 22.1 Å². The lowest BCUT2D eigenvalue weighted by Crippen LogP contribution is -2.28. The van der Waals surface area contributed by atoms with Crippen LogP contribution in [0.15, 0.2) is 29.6 Å². The van der Waals surface area contributed by atoms with Crippen LogP contribution in [0, 0.1) is 5.92 Å². The van der Waals surface area contributed by atoms with Gasteiger partial charge in [-0.15, -0.1) is 11.3 Å². The summed E-state index contributed by atoms with van der Waals surface area (Å²) < 4.78 is 1.11. The molecule has 104 valence electrons. The zero-order chi connectivity index (χ0) is 14.1. The SMILES string of the molecule is O=C(O)CC1CCN(C(=O)c2csc3ccccc23)C1. The van der Waals surface area contributed by atoms with Crippen molar-refractivity contribution in [2.45, 2.75) is 12.8 Å². The molecule has 20 heavy (non-hydrogen) atoms. The average Bonchev–Trinajstić information content (AvgIpc) is 3.03. The van der Waals surface area contributed by atoms with Gasteiger partial charge in [-0.25, -0.2) is 0 Å². The smallest absolute Gasteiger partial charge is 0.303 e. The molecule has 4 nitrogen and oxygen atoms in total. The average molecular weight is 289 g/mol. The van der Waals surface area contributed by atoms with E-state index in [1.165, 1.54) is 0 Å². The van der Waals surface area contributed by atoms with Gasteiger partial charge in [0, 0.05) is 35.0 Å². The van der Waals surface area contributed by atoms with E-state index >= 15 is 0 Å². The van der Waals surface area contributed by atoms with Gasteiger partial charge in [-0.3, -0.25) is 9.59 Å². The van der Waals surface area contributed by atoms with Gasteiger partial charge in [0.15, 0.2) is 0 Å². The standard InChI is InChI=1S/C15H15NO3S/c17-14(18)7-10-5-6-16(8-10)15(19)12-9-20-13-4-2-1-3-11(12)13/h1-4,9-10H,5-8H2,(H,17,18). The lowest BCUT2D eigenvalue weighted by molar-refractivity contribution is -0.138. The predicted molar refractivity (Wildman–Crippen MR) is 78.1 cm³/mol. The van der Waals surface area contributed by atoms with Crippen molar-refractivity contribution in [1.82, 2.24) is 4.90 Å². The Labute approximate surface area is 120 Å². The molecule has 1 aliphatic rings. The van der Waals surface area contributed by atoms with E-state index in [1.807, 2.05) is 29.6 Å². The molecule has 0 spiro atoms. The van der Waals surface area contributed by atoms with Crippen molar-refractivity contribution < 1.29 is 14.7 Å². The number of rotatable bonds is 3. The Morgan fingerprint density at radius 2 is 2.15 bits per heavy atom. The number of aliphatic carboxylic acids is 1. The second kappa shape index (κ2) is 5.25. The van der Waals surface area contributed by atoms with Crippen molar-refractivity contribution in [3.63, 3.8) is 0 Å². The molecule has 1 aliphatic heterocycles. The molecule has 1 unspecified atom stereocenters. The third kappa shape index (κ3) is 2.41. The molecule has 1 aromatic heterocycles. The molecule has 0 radical (unpaired) electrons. The van der Waals surface area contributed by atoms with Gasteiger partial charge in [-0.2, -0.15) is 0 Å². The first kappa shape index (κ1) is 13.1. The minimum atomic E-state index is -0.787. The molecular formula is C15H15NO3S. The Morgan fingerprint density at radius 3 is 2.95 bits per heavy atom. The van der Waals surface area contributed by atoms with Crippen LogP contribution in [-0.2, 0) is 4.79 Å². The fourth-order valence-electron chi connectivity index (χ4n) is 2.74. The minimum Gasteiger partial charge on any atom is -0.481 e. The third-order valence-electron chi connectivity index (χ3n) is 3.75. The van der Waals surface area contributed by atoms with Gasteiger partial charge in [-0.05, 0) is 18.4 Å². The summed E-state index contributed by atoms with van der Waals surface area (Å²) in [5.74, 6) is -0.679. The highest BCUT2D eigenvalue weighted by molar-refractivity contribution is 7.17. The Morgan fingerprint density at radius 1 is 1.35 bits per heavy atom. The number of hydrogen-bond donors (Lipinski definition) is 1. The fourth-order valence-corrected chi connectivity index (χ4v) is 3.68. The van der Waals surface area contributed by atoms with Crippen molar-refractivity contribution in [1.29, 1.82) is 0 Å². The van der Waals surface area contributed by atoms with Crippen molar-refractivity contribution in [3.8, 4) is 0 Å². The van der Waals surface area contributed by atoms with Gasteiger partial charge in [-0.1, -0.05) is 18.2 Å². The minimum absolute atomic E-state index is 0.0235. The van der Waals surface area contributed by atoms with Crippen LogP contribution in [0.3, 0.4) is 0 Å². The van der Waals surface area contributed by atoms with E-state index < -0.39 is 5.97 Å². The molecule has 1 amide bonds. The molecule has 1 saturated heterocycles. The summed E-state index contributed by atoms with van der Waals surface area (Å²) in [6.07, 6.45) is 0.925. The number of amides is 1. The summed E-state index contributed by atoms with van der Waals surface area (Å²) in [7, 11) is 0. The molecule has 5 heteroatoms. The first-order valence-electron chi connectivity index (χ1n) is 6.62. The number of hydrogen-bond acceptors (Lipinski definition) is 3. The zero-order valence-electron chi connectivity index (χ0n) is 10.9. The molecule has 0 aliphatic carbocycles. The normalized spacial score (nSPS) is 18.6. The first-order chi connectivity index (χ1) is 9.65. The Kier molecular flexibility index (Phi) is 3.44. The Bertz CT molecular complexity index is 664. The number of fused-ring (bicyclic) bond motifs is 1. The van der Waals surface area contributed by atoms with Gasteiger partial charge in [0.2, 0.25) is 0 Å². The summed E-state index contributed by atoms with van der Waals surface area (Å²) in [5, 5.41) is 11.7. The largest absolute Gasteiger partial charge is 0.481 e. The van der Waals surface area contributed by atoms with E-state index in [9.17, 15) is 9.59 Å². The molecule has 1 aromatic carbocycles. The highest BCUT2D eigenvalue weighted by Gasteiger charge is 2.29. The molecule has 0 saturated carbocycles. The van der Waals surface area contributed by atoms with Crippen molar-refractivity contribution in [2.24, 2.45) is 5.92 Å². The van der Waals surface area contributed by atoms with Crippen molar-refractivity contribution >= 4 is 33.3 Å². The van der Waals surface area contributed by atoms with E-state index in [4.69, 9.17) is 5.11 Å². The number of carboxylic acid groups (broad SMARTS) is 1. The monoisotopic (exact) mass is 289 g/mol. The molecule has 2 heterocycles. The van der Waals surface area contributed by atoms with Gasteiger partial charge >= 0.3 is 5.97 Å². The topological polar surface area (TPSA) is 57.6 Å². The molecular weight excluding hydrogens is 274 g/mol. The summed E-state index contributed by atoms with van der Waals surface area (Å²) in [6, 6.07) is 7.87. The van der Waals surface area contributed by atoms with Crippen LogP contribution in [-0.4, -0.2) is 35.0 Å². The lowest BCUT2D eigenvalue weighted by atomic mass is 10.1. The number of carbonyl (C=O) groups is 2. The van der Waals surface area contributed by atoms with Gasteiger partial charge in [0.25, 0.3) is 5.91 Å². The van der Waals surface area contributed by atoms with E-state index in [2.05, 4.69) is 0 Å². The fraction of sp³-hybridized carbons (Fsp3) is 0.333. The number of carboxylic acids is 1. The quantitative estimate of drug-likeness (QED) is 0.945. The maximum absolute atomic E-state index is 12.5. The molecule has 1 fully saturated rings. The molecule has 2 aromatic rings. The Balaban J connectivity index is 1.78. The number of likely N-dealkylation sites (tertiary alicyclic amines) is 1. The highest BCUT2D eigenvalue weighted by atomic mass is 32.1. The van der Waals surface area contributed by atoms with Crippen LogP contribution < -0.4 is 0 Å². The number of thiophene rings is 1. The summed E-state index contributed by atoms with van der Waals surface area (Å²) in [6.45, 7) is 1.20. The van der Waals surface area contributed by atoms with E-state index in [0.29, 0.717) is 13.1 Å². The van der Waals surface area contributed by atoms with Crippen molar-refractivity contribution in [2.75, 3.05) is 13.1 Å². The molecule has 3 rings (SSSR count). The third-order valence-corrected chi connectivity index (χ3v) is 4.71. The van der Waals surface area contributed by atoms with Crippen LogP contribution >= 0.6 is 11.3 Å². The summed E-state index contributed by atoms with van der Waals surface area (Å²) >= 11 is 1.57. The molecule has 1 atom stereocenters. The first-order valence-corrected chi connectivity index (χ1v) is 7.50. The van der Waals surface area contributed by atoms with E-state index in [-0.39, 0.29) is 18.2 Å². The summed E-state index contributed by atoms with van der Waals surface area (Å²) in [5.41, 5.74) is 0.738. The van der Waals surface area contributed by atoms with Gasteiger partial charge < -0.3 is 10.0 Å². The zero-order valence-corrected chi connectivity index (χ0v) is 11.7. The number of nitrogens with zero attached hydrogens (tertiary/aromatic N) is 1. The maximum Gasteiger partial charge on any atom is 0.303 e.